The van der Waals surface area contributed by atoms with E-state index in [-0.39, 0.29) is 0 Å². The summed E-state index contributed by atoms with van der Waals surface area (Å²) in [5.74, 6) is 1.63. The number of anilines is 1. The third-order valence-electron chi connectivity index (χ3n) is 3.85. The second kappa shape index (κ2) is 5.23. The first kappa shape index (κ1) is 12.0. The van der Waals surface area contributed by atoms with Crippen LogP contribution in [0.4, 0.5) is 5.69 Å². The van der Waals surface area contributed by atoms with Gasteiger partial charge in [-0.3, -0.25) is 0 Å². The smallest absolute Gasteiger partial charge is 0.101 e. The van der Waals surface area contributed by atoms with Crippen molar-refractivity contribution in [2.24, 2.45) is 11.8 Å². The van der Waals surface area contributed by atoms with E-state index in [1.807, 2.05) is 18.2 Å². The average Bonchev–Trinajstić information content (AvgIpc) is 2.39. The van der Waals surface area contributed by atoms with Crippen LogP contribution in [0.3, 0.4) is 0 Å². The van der Waals surface area contributed by atoms with Crippen LogP contribution < -0.4 is 4.90 Å². The summed E-state index contributed by atoms with van der Waals surface area (Å²) in [7, 11) is 0. The molecule has 0 bridgehead atoms. The van der Waals surface area contributed by atoms with Crippen molar-refractivity contribution < 1.29 is 0 Å². The number of para-hydroxylation sites is 1. The van der Waals surface area contributed by atoms with Crippen molar-refractivity contribution in [1.29, 1.82) is 5.26 Å². The van der Waals surface area contributed by atoms with Gasteiger partial charge in [-0.05, 0) is 36.8 Å². The Hall–Kier alpha value is -1.49. The zero-order chi connectivity index (χ0) is 12.3. The molecule has 2 heteroatoms. The van der Waals surface area contributed by atoms with E-state index in [1.54, 1.807) is 0 Å². The molecule has 1 aromatic rings. The Morgan fingerprint density at radius 2 is 1.88 bits per heavy atom. The number of nitrogens with zero attached hydrogens (tertiary/aromatic N) is 2. The summed E-state index contributed by atoms with van der Waals surface area (Å²) in [6.45, 7) is 6.79. The van der Waals surface area contributed by atoms with Gasteiger partial charge in [-0.2, -0.15) is 5.26 Å². The molecule has 1 fully saturated rings. The number of nitriles is 1. The summed E-state index contributed by atoms with van der Waals surface area (Å²) >= 11 is 0. The highest BCUT2D eigenvalue weighted by atomic mass is 15.1. The topological polar surface area (TPSA) is 27.0 Å². The molecule has 0 atom stereocenters. The highest BCUT2D eigenvalue weighted by molar-refractivity contribution is 5.59. The minimum Gasteiger partial charge on any atom is -0.370 e. The van der Waals surface area contributed by atoms with Crippen molar-refractivity contribution >= 4 is 5.69 Å². The molecule has 0 N–H and O–H groups in total. The first-order chi connectivity index (χ1) is 8.22. The van der Waals surface area contributed by atoms with Crippen molar-refractivity contribution in [3.8, 4) is 6.07 Å². The summed E-state index contributed by atoms with van der Waals surface area (Å²) in [4.78, 5) is 2.36. The fraction of sp³-hybridized carbons (Fsp3) is 0.533. The second-order valence-corrected chi connectivity index (χ2v) is 5.20. The Morgan fingerprint density at radius 1 is 1.24 bits per heavy atom. The van der Waals surface area contributed by atoms with Gasteiger partial charge in [-0.15, -0.1) is 0 Å². The number of benzene rings is 1. The Balaban J connectivity index is 2.08. The van der Waals surface area contributed by atoms with Gasteiger partial charge in [0.15, 0.2) is 0 Å². The maximum atomic E-state index is 9.11. The zero-order valence-electron chi connectivity index (χ0n) is 10.7. The van der Waals surface area contributed by atoms with Crippen LogP contribution in [0.2, 0.25) is 0 Å². The standard InChI is InChI=1S/C15H20N2/c1-12(2)13-7-9-17(10-8-13)15-6-4-3-5-14(15)11-16/h3-6,12-13H,7-10H2,1-2H3. The van der Waals surface area contributed by atoms with E-state index in [0.717, 1.165) is 36.2 Å². The lowest BCUT2D eigenvalue weighted by atomic mass is 9.86. The quantitative estimate of drug-likeness (QED) is 0.775. The maximum Gasteiger partial charge on any atom is 0.101 e. The molecule has 1 aliphatic heterocycles. The fourth-order valence-corrected chi connectivity index (χ4v) is 2.65. The van der Waals surface area contributed by atoms with Gasteiger partial charge in [0.05, 0.1) is 11.3 Å². The van der Waals surface area contributed by atoms with Gasteiger partial charge in [0.2, 0.25) is 0 Å². The Morgan fingerprint density at radius 3 is 2.47 bits per heavy atom. The first-order valence-corrected chi connectivity index (χ1v) is 6.46. The van der Waals surface area contributed by atoms with Gasteiger partial charge in [0, 0.05) is 13.1 Å². The lowest BCUT2D eigenvalue weighted by Crippen LogP contribution is -2.35. The van der Waals surface area contributed by atoms with Gasteiger partial charge in [0.25, 0.3) is 0 Å². The highest BCUT2D eigenvalue weighted by Gasteiger charge is 2.22. The van der Waals surface area contributed by atoms with Gasteiger partial charge in [0.1, 0.15) is 6.07 Å². The number of piperidine rings is 1. The molecule has 2 nitrogen and oxygen atoms in total. The van der Waals surface area contributed by atoms with Crippen LogP contribution >= 0.6 is 0 Å². The van der Waals surface area contributed by atoms with E-state index in [4.69, 9.17) is 5.26 Å². The Labute approximate surface area is 104 Å². The van der Waals surface area contributed by atoms with Crippen molar-refractivity contribution in [1.82, 2.24) is 0 Å². The lowest BCUT2D eigenvalue weighted by molar-refractivity contribution is 0.311. The molecule has 17 heavy (non-hydrogen) atoms. The summed E-state index contributed by atoms with van der Waals surface area (Å²) in [6, 6.07) is 10.2. The van der Waals surface area contributed by atoms with Crippen LogP contribution in [0.5, 0.6) is 0 Å². The molecule has 1 saturated heterocycles. The molecule has 0 radical (unpaired) electrons. The minimum absolute atomic E-state index is 0.781. The van der Waals surface area contributed by atoms with E-state index in [0.29, 0.717) is 0 Å². The molecule has 2 rings (SSSR count). The Bertz CT molecular complexity index is 409. The highest BCUT2D eigenvalue weighted by Crippen LogP contribution is 2.29. The Kier molecular flexibility index (Phi) is 3.68. The SMILES string of the molecule is CC(C)C1CCN(c2ccccc2C#N)CC1. The first-order valence-electron chi connectivity index (χ1n) is 6.46. The third-order valence-corrected chi connectivity index (χ3v) is 3.85. The van der Waals surface area contributed by atoms with Crippen molar-refractivity contribution in [2.75, 3.05) is 18.0 Å². The van der Waals surface area contributed by atoms with Gasteiger partial charge < -0.3 is 4.90 Å². The fourth-order valence-electron chi connectivity index (χ4n) is 2.65. The molecule has 0 saturated carbocycles. The molecular weight excluding hydrogens is 208 g/mol. The van der Waals surface area contributed by atoms with Crippen molar-refractivity contribution in [3.63, 3.8) is 0 Å². The second-order valence-electron chi connectivity index (χ2n) is 5.20. The molecule has 1 aromatic carbocycles. The predicted octanol–water partition coefficient (Wildman–Crippen LogP) is 3.43. The monoisotopic (exact) mass is 228 g/mol. The third kappa shape index (κ3) is 2.61. The largest absolute Gasteiger partial charge is 0.370 e. The molecule has 0 spiro atoms. The van der Waals surface area contributed by atoms with Crippen LogP contribution in [0.25, 0.3) is 0 Å². The summed E-state index contributed by atoms with van der Waals surface area (Å²) in [6.07, 6.45) is 2.49. The number of rotatable bonds is 2. The van der Waals surface area contributed by atoms with Gasteiger partial charge in [-0.1, -0.05) is 26.0 Å². The van der Waals surface area contributed by atoms with E-state index in [9.17, 15) is 0 Å². The van der Waals surface area contributed by atoms with E-state index >= 15 is 0 Å². The minimum atomic E-state index is 0.781. The summed E-state index contributed by atoms with van der Waals surface area (Å²) in [5, 5.41) is 9.11. The normalized spacial score (nSPS) is 17.2. The average molecular weight is 228 g/mol. The van der Waals surface area contributed by atoms with Crippen LogP contribution in [-0.4, -0.2) is 13.1 Å². The molecule has 90 valence electrons. The molecule has 0 amide bonds. The lowest BCUT2D eigenvalue weighted by Gasteiger charge is -2.35. The van der Waals surface area contributed by atoms with E-state index in [2.05, 4.69) is 30.9 Å². The van der Waals surface area contributed by atoms with Crippen LogP contribution in [0, 0.1) is 23.2 Å². The van der Waals surface area contributed by atoms with Crippen molar-refractivity contribution in [3.05, 3.63) is 29.8 Å². The van der Waals surface area contributed by atoms with Crippen LogP contribution in [0.1, 0.15) is 32.3 Å². The van der Waals surface area contributed by atoms with Gasteiger partial charge >= 0.3 is 0 Å². The molecule has 1 heterocycles. The predicted molar refractivity (Wildman–Crippen MR) is 70.9 cm³/mol. The molecule has 0 aliphatic carbocycles. The molecule has 1 aliphatic rings. The molecule has 0 unspecified atom stereocenters. The maximum absolute atomic E-state index is 9.11. The number of hydrogen-bond donors (Lipinski definition) is 0. The van der Waals surface area contributed by atoms with Crippen LogP contribution in [-0.2, 0) is 0 Å². The van der Waals surface area contributed by atoms with Crippen molar-refractivity contribution in [2.45, 2.75) is 26.7 Å². The molecule has 0 aromatic heterocycles. The van der Waals surface area contributed by atoms with Crippen LogP contribution in [0.15, 0.2) is 24.3 Å². The summed E-state index contributed by atoms with van der Waals surface area (Å²) in [5.41, 5.74) is 1.91. The van der Waals surface area contributed by atoms with E-state index in [1.165, 1.54) is 12.8 Å². The number of hydrogen-bond acceptors (Lipinski definition) is 2. The van der Waals surface area contributed by atoms with Gasteiger partial charge in [-0.25, -0.2) is 0 Å². The summed E-state index contributed by atoms with van der Waals surface area (Å²) < 4.78 is 0. The zero-order valence-corrected chi connectivity index (χ0v) is 10.7. The molecular formula is C15H20N2. The van der Waals surface area contributed by atoms with E-state index < -0.39 is 0 Å².